The van der Waals surface area contributed by atoms with Gasteiger partial charge < -0.3 is 9.47 Å². The molecule has 0 heterocycles. The molecule has 27 heavy (non-hydrogen) atoms. The van der Waals surface area contributed by atoms with E-state index in [0.29, 0.717) is 37.9 Å². The van der Waals surface area contributed by atoms with Crippen LogP contribution in [-0.4, -0.2) is 31.2 Å². The Morgan fingerprint density at radius 1 is 1.15 bits per heavy atom. The van der Waals surface area contributed by atoms with Gasteiger partial charge in [-0.05, 0) is 50.0 Å². The van der Waals surface area contributed by atoms with Crippen molar-refractivity contribution in [3.8, 4) is 0 Å². The maximum absolute atomic E-state index is 12.9. The number of hydrogen-bond donors (Lipinski definition) is 2. The fourth-order valence-corrected chi connectivity index (χ4v) is 2.17. The van der Waals surface area contributed by atoms with Gasteiger partial charge in [-0.15, -0.1) is 0 Å². The number of benzene rings is 1. The molecule has 148 valence electrons. The van der Waals surface area contributed by atoms with Crippen molar-refractivity contribution >= 4 is 35.6 Å². The molecule has 0 unspecified atom stereocenters. The molecule has 1 rings (SSSR count). The van der Waals surface area contributed by atoms with Crippen molar-refractivity contribution in [1.82, 2.24) is 10.9 Å². The summed E-state index contributed by atoms with van der Waals surface area (Å²) in [5.74, 6) is -1.33. The normalized spacial score (nSPS) is 10.5. The number of carbonyl (C=O) groups is 3. The highest BCUT2D eigenvalue weighted by Gasteiger charge is 2.05. The van der Waals surface area contributed by atoms with Crippen molar-refractivity contribution in [2.24, 2.45) is 0 Å². The van der Waals surface area contributed by atoms with Crippen LogP contribution in [0, 0.1) is 5.82 Å². The molecule has 0 aromatic heterocycles. The molecule has 0 atom stereocenters. The van der Waals surface area contributed by atoms with E-state index in [4.69, 9.17) is 21.1 Å². The van der Waals surface area contributed by atoms with E-state index < -0.39 is 17.8 Å². The third-order valence-electron chi connectivity index (χ3n) is 3.23. The van der Waals surface area contributed by atoms with Crippen LogP contribution in [0.25, 0.3) is 6.08 Å². The molecule has 0 aliphatic rings. The minimum atomic E-state index is -0.804. The molecule has 0 aliphatic carbocycles. The van der Waals surface area contributed by atoms with Crippen molar-refractivity contribution in [3.63, 3.8) is 0 Å². The van der Waals surface area contributed by atoms with E-state index in [1.807, 2.05) is 0 Å². The summed E-state index contributed by atoms with van der Waals surface area (Å²) >= 11 is 5.83. The SMILES string of the molecule is CCOC(=O)CCCCCOC(=O)NNC(=O)C=Cc1ccc(F)cc1Cl. The maximum Gasteiger partial charge on any atom is 0.426 e. The number of hydrazine groups is 1. The number of esters is 1. The molecule has 1 aromatic rings. The molecule has 0 fully saturated rings. The standard InChI is InChI=1S/C18H22ClFN2O5/c1-2-26-17(24)6-4-3-5-11-27-18(25)22-21-16(23)10-8-13-7-9-14(20)12-15(13)19/h7-10,12H,2-6,11H2,1H3,(H,21,23)(H,22,25). The lowest BCUT2D eigenvalue weighted by Crippen LogP contribution is -2.41. The van der Waals surface area contributed by atoms with E-state index in [1.165, 1.54) is 18.2 Å². The summed E-state index contributed by atoms with van der Waals surface area (Å²) in [6.07, 6.45) is 3.99. The first-order valence-corrected chi connectivity index (χ1v) is 8.81. The van der Waals surface area contributed by atoms with Gasteiger partial charge in [0.05, 0.1) is 18.2 Å². The number of nitrogens with one attached hydrogen (secondary N) is 2. The molecule has 2 N–H and O–H groups in total. The minimum absolute atomic E-state index is 0.158. The van der Waals surface area contributed by atoms with Crippen LogP contribution in [0.4, 0.5) is 9.18 Å². The molecular formula is C18H22ClFN2O5. The van der Waals surface area contributed by atoms with Gasteiger partial charge in [0.1, 0.15) is 5.82 Å². The zero-order valence-electron chi connectivity index (χ0n) is 14.9. The Balaban J connectivity index is 2.16. The highest BCUT2D eigenvalue weighted by atomic mass is 35.5. The van der Waals surface area contributed by atoms with Crippen molar-refractivity contribution < 1.29 is 28.2 Å². The lowest BCUT2D eigenvalue weighted by atomic mass is 10.2. The van der Waals surface area contributed by atoms with E-state index in [9.17, 15) is 18.8 Å². The van der Waals surface area contributed by atoms with Gasteiger partial charge in [-0.2, -0.15) is 0 Å². The summed E-state index contributed by atoms with van der Waals surface area (Å²) in [7, 11) is 0. The Morgan fingerprint density at radius 3 is 2.63 bits per heavy atom. The van der Waals surface area contributed by atoms with Crippen LogP contribution in [-0.2, 0) is 19.1 Å². The topological polar surface area (TPSA) is 93.7 Å². The highest BCUT2D eigenvalue weighted by molar-refractivity contribution is 6.32. The number of ether oxygens (including phenoxy) is 2. The zero-order chi connectivity index (χ0) is 20.1. The highest BCUT2D eigenvalue weighted by Crippen LogP contribution is 2.18. The lowest BCUT2D eigenvalue weighted by molar-refractivity contribution is -0.143. The van der Waals surface area contributed by atoms with E-state index in [-0.39, 0.29) is 17.6 Å². The molecule has 2 amide bonds. The van der Waals surface area contributed by atoms with Gasteiger partial charge in [-0.25, -0.2) is 14.6 Å². The molecule has 7 nitrogen and oxygen atoms in total. The molecular weight excluding hydrogens is 379 g/mol. The molecule has 1 aromatic carbocycles. The predicted octanol–water partition coefficient (Wildman–Crippen LogP) is 3.37. The summed E-state index contributed by atoms with van der Waals surface area (Å²) in [6.45, 7) is 2.27. The number of halogens is 2. The number of hydrogen-bond acceptors (Lipinski definition) is 5. The third-order valence-corrected chi connectivity index (χ3v) is 3.56. The fourth-order valence-electron chi connectivity index (χ4n) is 1.94. The molecule has 0 radical (unpaired) electrons. The van der Waals surface area contributed by atoms with E-state index in [2.05, 4.69) is 10.9 Å². The monoisotopic (exact) mass is 400 g/mol. The van der Waals surface area contributed by atoms with Gasteiger partial charge in [0.2, 0.25) is 0 Å². The van der Waals surface area contributed by atoms with Crippen LogP contribution >= 0.6 is 11.6 Å². The summed E-state index contributed by atoms with van der Waals surface area (Å²) < 4.78 is 22.6. The second-order valence-electron chi connectivity index (χ2n) is 5.37. The number of rotatable bonds is 9. The van der Waals surface area contributed by atoms with Crippen molar-refractivity contribution in [3.05, 3.63) is 40.7 Å². The molecule has 0 saturated carbocycles. The van der Waals surface area contributed by atoms with Gasteiger partial charge in [-0.3, -0.25) is 15.0 Å². The number of carbonyl (C=O) groups excluding carboxylic acids is 3. The zero-order valence-corrected chi connectivity index (χ0v) is 15.7. The number of amides is 2. The van der Waals surface area contributed by atoms with E-state index in [0.717, 1.165) is 12.1 Å². The molecule has 0 bridgehead atoms. The number of unbranched alkanes of at least 4 members (excludes halogenated alkanes) is 2. The summed E-state index contributed by atoms with van der Waals surface area (Å²) in [5.41, 5.74) is 4.68. The summed E-state index contributed by atoms with van der Waals surface area (Å²) in [5, 5.41) is 0.161. The Hall–Kier alpha value is -2.61. The smallest absolute Gasteiger partial charge is 0.426 e. The Morgan fingerprint density at radius 2 is 1.93 bits per heavy atom. The fraction of sp³-hybridized carbons (Fsp3) is 0.389. The Kier molecular flexibility index (Phi) is 10.5. The molecule has 0 saturated heterocycles. The second kappa shape index (κ2) is 12.7. The van der Waals surface area contributed by atoms with Gasteiger partial charge in [0, 0.05) is 12.5 Å². The average molecular weight is 401 g/mol. The first kappa shape index (κ1) is 22.4. The van der Waals surface area contributed by atoms with Crippen LogP contribution < -0.4 is 10.9 Å². The van der Waals surface area contributed by atoms with Crippen LogP contribution in [0.3, 0.4) is 0 Å². The van der Waals surface area contributed by atoms with Gasteiger partial charge in [0.15, 0.2) is 0 Å². The molecule has 9 heteroatoms. The maximum atomic E-state index is 12.9. The summed E-state index contributed by atoms with van der Waals surface area (Å²) in [6, 6.07) is 3.76. The Bertz CT molecular complexity index is 682. The van der Waals surface area contributed by atoms with Gasteiger partial charge in [0.25, 0.3) is 5.91 Å². The van der Waals surface area contributed by atoms with Crippen LogP contribution in [0.15, 0.2) is 24.3 Å². The third kappa shape index (κ3) is 10.2. The first-order chi connectivity index (χ1) is 12.9. The van der Waals surface area contributed by atoms with Crippen molar-refractivity contribution in [1.29, 1.82) is 0 Å². The second-order valence-corrected chi connectivity index (χ2v) is 5.77. The van der Waals surface area contributed by atoms with Crippen molar-refractivity contribution in [2.45, 2.75) is 32.6 Å². The predicted molar refractivity (Wildman–Crippen MR) is 98.2 cm³/mol. The Labute approximate surface area is 161 Å². The van der Waals surface area contributed by atoms with Crippen LogP contribution in [0.5, 0.6) is 0 Å². The van der Waals surface area contributed by atoms with Crippen LogP contribution in [0.2, 0.25) is 5.02 Å². The van der Waals surface area contributed by atoms with Crippen LogP contribution in [0.1, 0.15) is 38.2 Å². The molecule has 0 spiro atoms. The minimum Gasteiger partial charge on any atom is -0.466 e. The molecule has 0 aliphatic heterocycles. The van der Waals surface area contributed by atoms with Gasteiger partial charge >= 0.3 is 12.1 Å². The summed E-state index contributed by atoms with van der Waals surface area (Å²) in [4.78, 5) is 34.2. The average Bonchev–Trinajstić information content (AvgIpc) is 2.62. The van der Waals surface area contributed by atoms with Crippen molar-refractivity contribution in [2.75, 3.05) is 13.2 Å². The van der Waals surface area contributed by atoms with Gasteiger partial charge in [-0.1, -0.05) is 17.7 Å². The lowest BCUT2D eigenvalue weighted by Gasteiger charge is -2.07. The van der Waals surface area contributed by atoms with E-state index >= 15 is 0 Å². The quantitative estimate of drug-likeness (QED) is 0.287. The van der Waals surface area contributed by atoms with E-state index in [1.54, 1.807) is 6.92 Å². The largest absolute Gasteiger partial charge is 0.466 e. The first-order valence-electron chi connectivity index (χ1n) is 8.44.